The van der Waals surface area contributed by atoms with E-state index >= 15 is 0 Å². The van der Waals surface area contributed by atoms with Gasteiger partial charge in [0.15, 0.2) is 0 Å². The van der Waals surface area contributed by atoms with Gasteiger partial charge in [0.25, 0.3) is 0 Å². The van der Waals surface area contributed by atoms with Crippen molar-refractivity contribution in [2.75, 3.05) is 26.9 Å². The van der Waals surface area contributed by atoms with E-state index in [1.807, 2.05) is 13.8 Å². The van der Waals surface area contributed by atoms with E-state index in [0.717, 1.165) is 12.8 Å². The van der Waals surface area contributed by atoms with Crippen LogP contribution in [0.4, 0.5) is 0 Å². The zero-order valence-corrected chi connectivity index (χ0v) is 16.9. The molecule has 0 aliphatic heterocycles. The summed E-state index contributed by atoms with van der Waals surface area (Å²) in [7, 11) is -2.13. The number of hydrogen-bond acceptors (Lipinski definition) is 5. The monoisotopic (exact) mass is 387 g/mol. The van der Waals surface area contributed by atoms with Crippen molar-refractivity contribution < 1.29 is 27.8 Å². The summed E-state index contributed by atoms with van der Waals surface area (Å²) in [6.07, 6.45) is 1.62. The summed E-state index contributed by atoms with van der Waals surface area (Å²) in [5.74, 6) is -0.454. The van der Waals surface area contributed by atoms with Gasteiger partial charge in [0.2, 0.25) is 10.0 Å². The van der Waals surface area contributed by atoms with Crippen molar-refractivity contribution in [3.63, 3.8) is 0 Å². The summed E-state index contributed by atoms with van der Waals surface area (Å²) in [5, 5.41) is 8.59. The Hall–Kier alpha value is -1.64. The van der Waals surface area contributed by atoms with E-state index in [4.69, 9.17) is 14.6 Å². The van der Waals surface area contributed by atoms with Crippen LogP contribution in [0, 0.1) is 13.8 Å². The van der Waals surface area contributed by atoms with Crippen LogP contribution < -0.4 is 4.74 Å². The number of rotatable bonds is 9. The standard InChI is InChI=1S/C16H23NO6S.C2H6/c1-11-8-14(22-3)9-12(2)16(11)24(20,21)17(13-4-5-13)6-7-23-10-15(18)19;1-2/h8-9,13H,4-7,10H2,1-3H3,(H,18,19);1-2H3. The number of aliphatic carboxylic acids is 1. The lowest BCUT2D eigenvalue weighted by atomic mass is 10.1. The Morgan fingerprint density at radius 2 is 1.77 bits per heavy atom. The van der Waals surface area contributed by atoms with Gasteiger partial charge in [-0.05, 0) is 49.9 Å². The number of benzene rings is 1. The van der Waals surface area contributed by atoms with E-state index in [-0.39, 0.29) is 24.1 Å². The molecule has 0 radical (unpaired) electrons. The van der Waals surface area contributed by atoms with Crippen molar-refractivity contribution in [1.82, 2.24) is 4.31 Å². The zero-order valence-electron chi connectivity index (χ0n) is 16.1. The molecule has 0 amide bonds. The number of sulfonamides is 1. The number of ether oxygens (including phenoxy) is 2. The van der Waals surface area contributed by atoms with Crippen LogP contribution in [0.15, 0.2) is 17.0 Å². The molecule has 1 N–H and O–H groups in total. The normalized spacial score (nSPS) is 13.9. The number of carboxylic acid groups (broad SMARTS) is 1. The number of carbonyl (C=O) groups is 1. The van der Waals surface area contributed by atoms with Crippen molar-refractivity contribution in [3.05, 3.63) is 23.3 Å². The molecule has 7 nitrogen and oxygen atoms in total. The Kier molecular flexibility index (Phi) is 8.52. The Labute approximate surface area is 156 Å². The van der Waals surface area contributed by atoms with Gasteiger partial charge < -0.3 is 14.6 Å². The molecule has 0 bridgehead atoms. The summed E-state index contributed by atoms with van der Waals surface area (Å²) >= 11 is 0. The van der Waals surface area contributed by atoms with E-state index in [1.165, 1.54) is 4.31 Å². The lowest BCUT2D eigenvalue weighted by Crippen LogP contribution is -2.37. The van der Waals surface area contributed by atoms with Crippen LogP contribution in [0.3, 0.4) is 0 Å². The Balaban J connectivity index is 0.00000163. The van der Waals surface area contributed by atoms with Crippen LogP contribution in [-0.2, 0) is 19.6 Å². The summed E-state index contributed by atoms with van der Waals surface area (Å²) in [6, 6.07) is 3.36. The number of nitrogens with zero attached hydrogens (tertiary/aromatic N) is 1. The molecule has 1 aliphatic rings. The van der Waals surface area contributed by atoms with Crippen molar-refractivity contribution in [2.24, 2.45) is 0 Å². The highest BCUT2D eigenvalue weighted by atomic mass is 32.2. The summed E-state index contributed by atoms with van der Waals surface area (Å²) in [4.78, 5) is 10.8. The third-order valence-electron chi connectivity index (χ3n) is 3.87. The fourth-order valence-corrected chi connectivity index (χ4v) is 4.81. The van der Waals surface area contributed by atoms with Gasteiger partial charge in [0.05, 0.1) is 18.6 Å². The minimum absolute atomic E-state index is 0.0377. The molecule has 0 aromatic heterocycles. The molecule has 0 heterocycles. The first-order valence-corrected chi connectivity index (χ1v) is 10.2. The quantitative estimate of drug-likeness (QED) is 0.655. The average Bonchev–Trinajstić information content (AvgIpc) is 3.39. The minimum atomic E-state index is -3.67. The fourth-order valence-electron chi connectivity index (χ4n) is 2.73. The lowest BCUT2D eigenvalue weighted by molar-refractivity contribution is -0.142. The first kappa shape index (κ1) is 22.4. The smallest absolute Gasteiger partial charge is 0.329 e. The maximum atomic E-state index is 13.1. The molecular formula is C18H29NO6S. The van der Waals surface area contributed by atoms with E-state index < -0.39 is 22.6 Å². The van der Waals surface area contributed by atoms with E-state index in [1.54, 1.807) is 33.1 Å². The molecule has 0 atom stereocenters. The predicted molar refractivity (Wildman–Crippen MR) is 99.2 cm³/mol. The summed E-state index contributed by atoms with van der Waals surface area (Å²) < 4.78 is 37.8. The third-order valence-corrected chi connectivity index (χ3v) is 6.13. The highest BCUT2D eigenvalue weighted by Crippen LogP contribution is 2.35. The number of aryl methyl sites for hydroxylation is 2. The van der Waals surface area contributed by atoms with Crippen LogP contribution in [0.2, 0.25) is 0 Å². The van der Waals surface area contributed by atoms with Crippen molar-refractivity contribution in [1.29, 1.82) is 0 Å². The first-order valence-electron chi connectivity index (χ1n) is 8.74. The molecule has 1 aromatic rings. The molecule has 1 fully saturated rings. The second kappa shape index (κ2) is 9.89. The zero-order chi connectivity index (χ0) is 19.9. The highest BCUT2D eigenvalue weighted by Gasteiger charge is 2.39. The van der Waals surface area contributed by atoms with E-state index in [2.05, 4.69) is 0 Å². The van der Waals surface area contributed by atoms with Crippen molar-refractivity contribution in [2.45, 2.75) is 51.5 Å². The van der Waals surface area contributed by atoms with E-state index in [9.17, 15) is 13.2 Å². The van der Waals surface area contributed by atoms with Crippen LogP contribution in [0.1, 0.15) is 37.8 Å². The molecule has 1 aliphatic carbocycles. The first-order chi connectivity index (χ1) is 12.3. The number of hydrogen-bond donors (Lipinski definition) is 1. The van der Waals surface area contributed by atoms with Crippen LogP contribution >= 0.6 is 0 Å². The van der Waals surface area contributed by atoms with Crippen molar-refractivity contribution >= 4 is 16.0 Å². The minimum Gasteiger partial charge on any atom is -0.497 e. The molecule has 0 spiro atoms. The van der Waals surface area contributed by atoms with Crippen LogP contribution in [-0.4, -0.2) is 56.7 Å². The Morgan fingerprint density at radius 3 is 2.19 bits per heavy atom. The molecule has 26 heavy (non-hydrogen) atoms. The topological polar surface area (TPSA) is 93.1 Å². The lowest BCUT2D eigenvalue weighted by Gasteiger charge is -2.24. The predicted octanol–water partition coefficient (Wildman–Crippen LogP) is 2.59. The van der Waals surface area contributed by atoms with Gasteiger partial charge in [-0.3, -0.25) is 0 Å². The molecule has 8 heteroatoms. The molecule has 148 valence electrons. The molecule has 0 unspecified atom stereocenters. The second-order valence-corrected chi connectivity index (χ2v) is 7.71. The maximum Gasteiger partial charge on any atom is 0.329 e. The molecule has 1 saturated carbocycles. The van der Waals surface area contributed by atoms with Crippen molar-refractivity contribution in [3.8, 4) is 5.75 Å². The second-order valence-electron chi connectivity index (χ2n) is 5.88. The number of carboxylic acids is 1. The largest absolute Gasteiger partial charge is 0.497 e. The number of methoxy groups -OCH3 is 1. The van der Waals surface area contributed by atoms with Gasteiger partial charge >= 0.3 is 5.97 Å². The molecular weight excluding hydrogens is 358 g/mol. The average molecular weight is 387 g/mol. The fraction of sp³-hybridized carbons (Fsp3) is 0.611. The molecule has 1 aromatic carbocycles. The molecule has 0 saturated heterocycles. The summed E-state index contributed by atoms with van der Waals surface area (Å²) in [6.45, 7) is 7.25. The van der Waals surface area contributed by atoms with Gasteiger partial charge in [-0.2, -0.15) is 4.31 Å². The SMILES string of the molecule is CC.COc1cc(C)c(S(=O)(=O)N(CCOCC(=O)O)C2CC2)c(C)c1. The van der Waals surface area contributed by atoms with E-state index in [0.29, 0.717) is 16.9 Å². The van der Waals surface area contributed by atoms with Gasteiger partial charge in [-0.15, -0.1) is 0 Å². The van der Waals surface area contributed by atoms with Gasteiger partial charge in [0.1, 0.15) is 12.4 Å². The van der Waals surface area contributed by atoms with Gasteiger partial charge in [-0.25, -0.2) is 13.2 Å². The Morgan fingerprint density at radius 1 is 1.23 bits per heavy atom. The third kappa shape index (κ3) is 5.69. The molecule has 2 rings (SSSR count). The van der Waals surface area contributed by atoms with Crippen LogP contribution in [0.25, 0.3) is 0 Å². The summed E-state index contributed by atoms with van der Waals surface area (Å²) in [5.41, 5.74) is 1.26. The van der Waals surface area contributed by atoms with Gasteiger partial charge in [0, 0.05) is 12.6 Å². The maximum absolute atomic E-state index is 13.1. The van der Waals surface area contributed by atoms with Gasteiger partial charge in [-0.1, -0.05) is 13.8 Å². The Bertz CT molecular complexity index is 689. The highest BCUT2D eigenvalue weighted by molar-refractivity contribution is 7.89. The van der Waals surface area contributed by atoms with Crippen LogP contribution in [0.5, 0.6) is 5.75 Å².